The van der Waals surface area contributed by atoms with Crippen LogP contribution in [0.25, 0.3) is 0 Å². The summed E-state index contributed by atoms with van der Waals surface area (Å²) in [7, 11) is 0. The van der Waals surface area contributed by atoms with Gasteiger partial charge in [-0.25, -0.2) is 0 Å². The molecule has 0 atom stereocenters. The van der Waals surface area contributed by atoms with Gasteiger partial charge < -0.3 is 15.0 Å². The Morgan fingerprint density at radius 3 is 2.05 bits per heavy atom. The van der Waals surface area contributed by atoms with Gasteiger partial charge in [-0.05, 0) is 90.3 Å². The summed E-state index contributed by atoms with van der Waals surface area (Å²) in [4.78, 5) is 41.0. The molecule has 1 fully saturated rings. The van der Waals surface area contributed by atoms with Crippen molar-refractivity contribution in [2.24, 2.45) is 0 Å². The van der Waals surface area contributed by atoms with Crippen LogP contribution in [0.5, 0.6) is 0 Å². The van der Waals surface area contributed by atoms with E-state index in [1.165, 1.54) is 16.2 Å². The third-order valence-corrected chi connectivity index (χ3v) is 7.03. The molecule has 1 aliphatic heterocycles. The van der Waals surface area contributed by atoms with Gasteiger partial charge in [0.2, 0.25) is 6.41 Å². The Labute approximate surface area is 218 Å². The molecule has 0 radical (unpaired) electrons. The quantitative estimate of drug-likeness (QED) is 0.254. The van der Waals surface area contributed by atoms with Gasteiger partial charge in [0, 0.05) is 46.8 Å². The third-order valence-electron chi connectivity index (χ3n) is 6.17. The maximum atomic E-state index is 13.0. The number of hydrogen-bond acceptors (Lipinski definition) is 6. The molecule has 0 saturated carbocycles. The molecule has 8 heteroatoms. The van der Waals surface area contributed by atoms with Crippen molar-refractivity contribution in [3.05, 3.63) is 107 Å². The predicted molar refractivity (Wildman–Crippen MR) is 146 cm³/mol. The topological polar surface area (TPSA) is 79.0 Å². The first-order valence-corrected chi connectivity index (χ1v) is 12.8. The summed E-state index contributed by atoms with van der Waals surface area (Å²) in [6, 6.07) is 25.0. The summed E-state index contributed by atoms with van der Waals surface area (Å²) in [6.45, 7) is 3.10. The van der Waals surface area contributed by atoms with Crippen molar-refractivity contribution in [3.8, 4) is 0 Å². The van der Waals surface area contributed by atoms with Crippen LogP contribution in [-0.2, 0) is 9.53 Å². The molecule has 0 spiro atoms. The lowest BCUT2D eigenvalue weighted by Crippen LogP contribution is -2.36. The predicted octanol–water partition coefficient (Wildman–Crippen LogP) is 5.36. The lowest BCUT2D eigenvalue weighted by Gasteiger charge is -2.28. The van der Waals surface area contributed by atoms with E-state index >= 15 is 0 Å². The number of morpholine rings is 1. The zero-order valence-electron chi connectivity index (χ0n) is 20.0. The Morgan fingerprint density at radius 1 is 0.838 bits per heavy atom. The van der Waals surface area contributed by atoms with Gasteiger partial charge in [-0.3, -0.25) is 19.3 Å². The normalized spacial score (nSPS) is 13.1. The van der Waals surface area contributed by atoms with Gasteiger partial charge in [0.15, 0.2) is 5.78 Å². The second-order valence-corrected chi connectivity index (χ2v) is 9.41. The molecule has 1 N–H and O–H groups in total. The highest BCUT2D eigenvalue weighted by molar-refractivity contribution is 7.14. The number of hydrogen-bond donors (Lipinski definition) is 1. The number of benzene rings is 3. The standard InChI is InChI=1S/C29H25N3O4S/c33-20-32(27-2-1-19-37-27)26-13-5-22(6-14-26)28(34)21-3-9-24(10-4-21)30-29(35)23-7-11-25(12-8-23)31-15-17-36-18-16-31/h1-14,19-20H,15-18H2,(H,30,35). The number of amides is 2. The van der Waals surface area contributed by atoms with Crippen molar-refractivity contribution in [1.82, 2.24) is 0 Å². The highest BCUT2D eigenvalue weighted by atomic mass is 32.1. The van der Waals surface area contributed by atoms with Gasteiger partial charge in [0.25, 0.3) is 5.91 Å². The zero-order valence-corrected chi connectivity index (χ0v) is 20.8. The molecule has 4 aromatic rings. The van der Waals surface area contributed by atoms with Crippen LogP contribution in [0.3, 0.4) is 0 Å². The minimum Gasteiger partial charge on any atom is -0.378 e. The van der Waals surface area contributed by atoms with Gasteiger partial charge in [0.1, 0.15) is 5.00 Å². The number of carbonyl (C=O) groups excluding carboxylic acids is 3. The summed E-state index contributed by atoms with van der Waals surface area (Å²) in [5.41, 5.74) is 3.94. The summed E-state index contributed by atoms with van der Waals surface area (Å²) >= 11 is 1.46. The minimum absolute atomic E-state index is 0.142. The number of ketones is 1. The van der Waals surface area contributed by atoms with Crippen LogP contribution in [0.15, 0.2) is 90.3 Å². The first-order chi connectivity index (χ1) is 18.1. The van der Waals surface area contributed by atoms with Gasteiger partial charge >= 0.3 is 0 Å². The maximum absolute atomic E-state index is 13.0. The number of ether oxygens (including phenoxy) is 1. The van der Waals surface area contributed by atoms with Crippen molar-refractivity contribution in [2.45, 2.75) is 0 Å². The van der Waals surface area contributed by atoms with Crippen molar-refractivity contribution >= 4 is 51.5 Å². The smallest absolute Gasteiger partial charge is 0.255 e. The molecule has 1 aliphatic rings. The van der Waals surface area contributed by atoms with Crippen LogP contribution in [0.1, 0.15) is 26.3 Å². The van der Waals surface area contributed by atoms with Crippen LogP contribution >= 0.6 is 11.3 Å². The van der Waals surface area contributed by atoms with E-state index < -0.39 is 0 Å². The fourth-order valence-corrected chi connectivity index (χ4v) is 4.86. The first kappa shape index (κ1) is 24.4. The molecule has 2 heterocycles. The maximum Gasteiger partial charge on any atom is 0.255 e. The largest absolute Gasteiger partial charge is 0.378 e. The molecule has 1 aromatic heterocycles. The van der Waals surface area contributed by atoms with Crippen LogP contribution in [-0.4, -0.2) is 44.4 Å². The van der Waals surface area contributed by atoms with Crippen molar-refractivity contribution < 1.29 is 19.1 Å². The Kier molecular flexibility index (Phi) is 7.39. The Balaban J connectivity index is 1.21. The molecule has 0 bridgehead atoms. The molecule has 2 amide bonds. The van der Waals surface area contributed by atoms with Crippen LogP contribution in [0, 0.1) is 0 Å². The average Bonchev–Trinajstić information content (AvgIpc) is 3.49. The van der Waals surface area contributed by atoms with E-state index in [2.05, 4.69) is 10.2 Å². The first-order valence-electron chi connectivity index (χ1n) is 11.9. The Bertz CT molecular complexity index is 1360. The molecule has 0 unspecified atom stereocenters. The van der Waals surface area contributed by atoms with Gasteiger partial charge in [-0.1, -0.05) is 0 Å². The van der Waals surface area contributed by atoms with Gasteiger partial charge in [-0.2, -0.15) is 0 Å². The van der Waals surface area contributed by atoms with E-state index in [9.17, 15) is 14.4 Å². The van der Waals surface area contributed by atoms with Gasteiger partial charge in [0.05, 0.1) is 13.2 Å². The molecule has 5 rings (SSSR count). The second-order valence-electron chi connectivity index (χ2n) is 8.48. The van der Waals surface area contributed by atoms with E-state index in [1.54, 1.807) is 48.5 Å². The summed E-state index contributed by atoms with van der Waals surface area (Å²) in [5, 5.41) is 5.59. The van der Waals surface area contributed by atoms with Crippen LogP contribution < -0.4 is 15.1 Å². The average molecular weight is 512 g/mol. The fourth-order valence-electron chi connectivity index (χ4n) is 4.14. The lowest BCUT2D eigenvalue weighted by molar-refractivity contribution is -0.106. The molecule has 3 aromatic carbocycles. The number of anilines is 4. The fraction of sp³-hybridized carbons (Fsp3) is 0.138. The third kappa shape index (κ3) is 5.61. The molecule has 1 saturated heterocycles. The van der Waals surface area contributed by atoms with Gasteiger partial charge in [-0.15, -0.1) is 11.3 Å². The van der Waals surface area contributed by atoms with E-state index in [1.807, 2.05) is 41.8 Å². The van der Waals surface area contributed by atoms with E-state index in [0.717, 1.165) is 30.2 Å². The molecule has 7 nitrogen and oxygen atoms in total. The summed E-state index contributed by atoms with van der Waals surface area (Å²) < 4.78 is 5.39. The van der Waals surface area contributed by atoms with Crippen molar-refractivity contribution in [2.75, 3.05) is 41.4 Å². The molecule has 0 aliphatic carbocycles. The number of nitrogens with one attached hydrogen (secondary N) is 1. The highest BCUT2D eigenvalue weighted by Crippen LogP contribution is 2.28. The summed E-state index contributed by atoms with van der Waals surface area (Å²) in [5.74, 6) is -0.356. The molecular weight excluding hydrogens is 486 g/mol. The number of rotatable bonds is 8. The molecular formula is C29H25N3O4S. The van der Waals surface area contributed by atoms with Crippen molar-refractivity contribution in [3.63, 3.8) is 0 Å². The zero-order chi connectivity index (χ0) is 25.6. The Morgan fingerprint density at radius 2 is 1.46 bits per heavy atom. The van der Waals surface area contributed by atoms with E-state index in [4.69, 9.17) is 4.74 Å². The molecule has 37 heavy (non-hydrogen) atoms. The molecule has 186 valence electrons. The lowest BCUT2D eigenvalue weighted by atomic mass is 10.0. The Hall–Kier alpha value is -4.27. The minimum atomic E-state index is -0.214. The van der Waals surface area contributed by atoms with E-state index in [-0.39, 0.29) is 11.7 Å². The SMILES string of the molecule is O=CN(c1ccc(C(=O)c2ccc(NC(=O)c3ccc(N4CCOCC4)cc3)cc2)cc1)c1cccs1. The van der Waals surface area contributed by atoms with E-state index in [0.29, 0.717) is 41.3 Å². The highest BCUT2D eigenvalue weighted by Gasteiger charge is 2.14. The van der Waals surface area contributed by atoms with Crippen molar-refractivity contribution in [1.29, 1.82) is 0 Å². The number of nitrogens with zero attached hydrogens (tertiary/aromatic N) is 2. The number of carbonyl (C=O) groups is 3. The number of thiophene rings is 1. The summed E-state index contributed by atoms with van der Waals surface area (Å²) in [6.07, 6.45) is 0.758. The monoisotopic (exact) mass is 511 g/mol. The van der Waals surface area contributed by atoms with Crippen LogP contribution in [0.2, 0.25) is 0 Å². The second kappa shape index (κ2) is 11.2. The van der Waals surface area contributed by atoms with Crippen LogP contribution in [0.4, 0.5) is 22.1 Å².